The molecule has 106 valence electrons. The summed E-state index contributed by atoms with van der Waals surface area (Å²) in [4.78, 5) is 2.47. The van der Waals surface area contributed by atoms with Gasteiger partial charge in [-0.15, -0.1) is 0 Å². The summed E-state index contributed by atoms with van der Waals surface area (Å²) in [6.45, 7) is 10.4. The molecular formula is C16H26N2O. The second-order valence-electron chi connectivity index (χ2n) is 6.33. The molecule has 0 bridgehead atoms. The SMILES string of the molecule is CC1CN(C(c2ccccc2)C(C)N)CC(C)(C)O1. The van der Waals surface area contributed by atoms with Crippen LogP contribution in [-0.2, 0) is 4.74 Å². The average Bonchev–Trinajstić information content (AvgIpc) is 2.27. The molecule has 1 aliphatic heterocycles. The smallest absolute Gasteiger partial charge is 0.0757 e. The van der Waals surface area contributed by atoms with Crippen molar-refractivity contribution in [2.24, 2.45) is 5.73 Å². The Morgan fingerprint density at radius 2 is 1.95 bits per heavy atom. The Labute approximate surface area is 116 Å². The van der Waals surface area contributed by atoms with Crippen LogP contribution < -0.4 is 5.73 Å². The van der Waals surface area contributed by atoms with Gasteiger partial charge in [0.25, 0.3) is 0 Å². The summed E-state index contributed by atoms with van der Waals surface area (Å²) in [5, 5.41) is 0. The van der Waals surface area contributed by atoms with Crippen LogP contribution in [0.4, 0.5) is 0 Å². The van der Waals surface area contributed by atoms with E-state index in [1.165, 1.54) is 5.56 Å². The molecule has 3 atom stereocenters. The van der Waals surface area contributed by atoms with Gasteiger partial charge in [-0.2, -0.15) is 0 Å². The first-order valence-electron chi connectivity index (χ1n) is 7.11. The lowest BCUT2D eigenvalue weighted by molar-refractivity contribution is -0.139. The number of hydrogen-bond donors (Lipinski definition) is 1. The van der Waals surface area contributed by atoms with Crippen LogP contribution in [0.1, 0.15) is 39.3 Å². The van der Waals surface area contributed by atoms with Crippen molar-refractivity contribution in [1.82, 2.24) is 4.90 Å². The third-order valence-electron chi connectivity index (χ3n) is 3.63. The summed E-state index contributed by atoms with van der Waals surface area (Å²) in [6, 6.07) is 10.9. The molecule has 0 aromatic heterocycles. The monoisotopic (exact) mass is 262 g/mol. The van der Waals surface area contributed by atoms with Gasteiger partial charge in [-0.05, 0) is 33.3 Å². The minimum absolute atomic E-state index is 0.100. The molecule has 2 rings (SSSR count). The Bertz CT molecular complexity index is 402. The van der Waals surface area contributed by atoms with Gasteiger partial charge in [0.2, 0.25) is 0 Å². The largest absolute Gasteiger partial charge is 0.370 e. The number of rotatable bonds is 3. The number of nitrogens with two attached hydrogens (primary N) is 1. The molecule has 0 radical (unpaired) electrons. The van der Waals surface area contributed by atoms with Crippen LogP contribution in [0.25, 0.3) is 0 Å². The molecule has 1 aromatic carbocycles. The average molecular weight is 262 g/mol. The van der Waals surface area contributed by atoms with Gasteiger partial charge in [0.05, 0.1) is 11.7 Å². The summed E-state index contributed by atoms with van der Waals surface area (Å²) in [5.74, 6) is 0. The summed E-state index contributed by atoms with van der Waals surface area (Å²) in [5.41, 5.74) is 7.43. The first-order valence-corrected chi connectivity index (χ1v) is 7.11. The second-order valence-corrected chi connectivity index (χ2v) is 6.33. The molecule has 0 aliphatic carbocycles. The van der Waals surface area contributed by atoms with E-state index in [-0.39, 0.29) is 23.8 Å². The van der Waals surface area contributed by atoms with Crippen molar-refractivity contribution in [2.45, 2.75) is 51.5 Å². The van der Waals surface area contributed by atoms with Gasteiger partial charge in [-0.25, -0.2) is 0 Å². The van der Waals surface area contributed by atoms with Crippen molar-refractivity contribution in [3.05, 3.63) is 35.9 Å². The van der Waals surface area contributed by atoms with Crippen molar-refractivity contribution in [2.75, 3.05) is 13.1 Å². The summed E-state index contributed by atoms with van der Waals surface area (Å²) >= 11 is 0. The Morgan fingerprint density at radius 1 is 1.32 bits per heavy atom. The third kappa shape index (κ3) is 3.56. The maximum atomic E-state index is 6.25. The molecule has 0 amide bonds. The molecule has 1 saturated heterocycles. The number of benzene rings is 1. The number of hydrogen-bond acceptors (Lipinski definition) is 3. The van der Waals surface area contributed by atoms with Gasteiger partial charge in [-0.1, -0.05) is 30.3 Å². The van der Waals surface area contributed by atoms with E-state index in [0.717, 1.165) is 13.1 Å². The highest BCUT2D eigenvalue weighted by Crippen LogP contribution is 2.30. The standard InChI is InChI=1S/C16H26N2O/c1-12-10-18(11-16(3,4)19-12)15(13(2)17)14-8-6-5-7-9-14/h5-9,12-13,15H,10-11,17H2,1-4H3. The Kier molecular flexibility index (Phi) is 4.29. The normalized spacial score (nSPS) is 26.9. The molecule has 3 nitrogen and oxygen atoms in total. The highest BCUT2D eigenvalue weighted by Gasteiger charge is 2.36. The molecule has 2 N–H and O–H groups in total. The minimum Gasteiger partial charge on any atom is -0.370 e. The topological polar surface area (TPSA) is 38.5 Å². The highest BCUT2D eigenvalue weighted by atomic mass is 16.5. The Morgan fingerprint density at radius 3 is 2.47 bits per heavy atom. The van der Waals surface area contributed by atoms with E-state index < -0.39 is 0 Å². The van der Waals surface area contributed by atoms with Gasteiger partial charge in [0, 0.05) is 25.2 Å². The molecule has 1 heterocycles. The highest BCUT2D eigenvalue weighted by molar-refractivity contribution is 5.21. The summed E-state index contributed by atoms with van der Waals surface area (Å²) < 4.78 is 5.99. The van der Waals surface area contributed by atoms with Crippen LogP contribution in [0.5, 0.6) is 0 Å². The summed E-state index contributed by atoms with van der Waals surface area (Å²) in [6.07, 6.45) is 0.244. The minimum atomic E-state index is -0.112. The van der Waals surface area contributed by atoms with Crippen molar-refractivity contribution < 1.29 is 4.74 Å². The van der Waals surface area contributed by atoms with Gasteiger partial charge in [0.1, 0.15) is 0 Å². The van der Waals surface area contributed by atoms with E-state index in [4.69, 9.17) is 10.5 Å². The molecule has 1 fully saturated rings. The molecule has 19 heavy (non-hydrogen) atoms. The fraction of sp³-hybridized carbons (Fsp3) is 0.625. The molecular weight excluding hydrogens is 236 g/mol. The van der Waals surface area contributed by atoms with Crippen molar-refractivity contribution in [3.63, 3.8) is 0 Å². The van der Waals surface area contributed by atoms with E-state index in [2.05, 4.69) is 56.9 Å². The molecule has 0 spiro atoms. The molecule has 3 unspecified atom stereocenters. The zero-order valence-corrected chi connectivity index (χ0v) is 12.5. The second kappa shape index (κ2) is 5.61. The lowest BCUT2D eigenvalue weighted by Crippen LogP contribution is -2.55. The van der Waals surface area contributed by atoms with E-state index >= 15 is 0 Å². The Balaban J connectivity index is 2.25. The van der Waals surface area contributed by atoms with Gasteiger partial charge < -0.3 is 10.5 Å². The maximum absolute atomic E-state index is 6.25. The quantitative estimate of drug-likeness (QED) is 0.910. The van der Waals surface area contributed by atoms with Crippen LogP contribution in [-0.4, -0.2) is 35.7 Å². The van der Waals surface area contributed by atoms with Gasteiger partial charge in [0.15, 0.2) is 0 Å². The lowest BCUT2D eigenvalue weighted by Gasteiger charge is -2.46. The lowest BCUT2D eigenvalue weighted by atomic mass is 9.95. The van der Waals surface area contributed by atoms with Crippen molar-refractivity contribution in [1.29, 1.82) is 0 Å². The number of ether oxygens (including phenoxy) is 1. The fourth-order valence-corrected chi connectivity index (χ4v) is 3.21. The van der Waals surface area contributed by atoms with Crippen molar-refractivity contribution >= 4 is 0 Å². The molecule has 1 aromatic rings. The maximum Gasteiger partial charge on any atom is 0.0757 e. The predicted molar refractivity (Wildman–Crippen MR) is 79.0 cm³/mol. The number of morpholine rings is 1. The van der Waals surface area contributed by atoms with Crippen LogP contribution in [0.15, 0.2) is 30.3 Å². The van der Waals surface area contributed by atoms with Crippen LogP contribution in [0, 0.1) is 0 Å². The van der Waals surface area contributed by atoms with E-state index in [1.807, 2.05) is 6.07 Å². The van der Waals surface area contributed by atoms with E-state index in [9.17, 15) is 0 Å². The van der Waals surface area contributed by atoms with Crippen LogP contribution in [0.2, 0.25) is 0 Å². The fourth-order valence-electron chi connectivity index (χ4n) is 3.21. The summed E-state index contributed by atoms with van der Waals surface area (Å²) in [7, 11) is 0. The Hall–Kier alpha value is -0.900. The van der Waals surface area contributed by atoms with Crippen molar-refractivity contribution in [3.8, 4) is 0 Å². The van der Waals surface area contributed by atoms with Crippen LogP contribution >= 0.6 is 0 Å². The van der Waals surface area contributed by atoms with Crippen LogP contribution in [0.3, 0.4) is 0 Å². The predicted octanol–water partition coefficient (Wildman–Crippen LogP) is 2.57. The van der Waals surface area contributed by atoms with Gasteiger partial charge in [-0.3, -0.25) is 4.90 Å². The number of nitrogens with zero attached hydrogens (tertiary/aromatic N) is 1. The van der Waals surface area contributed by atoms with E-state index in [0.29, 0.717) is 0 Å². The third-order valence-corrected chi connectivity index (χ3v) is 3.63. The van der Waals surface area contributed by atoms with Gasteiger partial charge >= 0.3 is 0 Å². The molecule has 0 saturated carbocycles. The zero-order valence-electron chi connectivity index (χ0n) is 12.5. The molecule has 1 aliphatic rings. The molecule has 3 heteroatoms. The zero-order chi connectivity index (χ0) is 14.0. The first-order chi connectivity index (χ1) is 8.89. The van der Waals surface area contributed by atoms with E-state index in [1.54, 1.807) is 0 Å². The first kappa shape index (κ1) is 14.5.